The highest BCUT2D eigenvalue weighted by Crippen LogP contribution is 2.33. The molecule has 0 saturated heterocycles. The summed E-state index contributed by atoms with van der Waals surface area (Å²) in [5.74, 6) is -1.54. The number of carbonyl (C=O) groups excluding carboxylic acids is 3. The lowest BCUT2D eigenvalue weighted by molar-refractivity contribution is -0.153. The van der Waals surface area contributed by atoms with Gasteiger partial charge in [0.25, 0.3) is 0 Å². The largest absolute Gasteiger partial charge is 0.465 e. The first-order chi connectivity index (χ1) is 8.10. The van der Waals surface area contributed by atoms with E-state index in [4.69, 9.17) is 4.74 Å². The van der Waals surface area contributed by atoms with E-state index in [2.05, 4.69) is 0 Å². The maximum absolute atomic E-state index is 11.9. The Kier molecular flexibility index (Phi) is 5.32. The maximum Gasteiger partial charge on any atom is 0.316 e. The van der Waals surface area contributed by atoms with Crippen molar-refractivity contribution in [3.8, 4) is 0 Å². The van der Waals surface area contributed by atoms with Crippen LogP contribution in [0.15, 0.2) is 0 Å². The van der Waals surface area contributed by atoms with Crippen LogP contribution in [-0.4, -0.2) is 24.1 Å². The average Bonchev–Trinajstić information content (AvgIpc) is 3.09. The fraction of sp³-hybridized carbons (Fsp3) is 0.769. The van der Waals surface area contributed by atoms with Crippen LogP contribution < -0.4 is 0 Å². The fourth-order valence-electron chi connectivity index (χ4n) is 1.80. The molecule has 0 aromatic carbocycles. The van der Waals surface area contributed by atoms with Crippen LogP contribution in [0.25, 0.3) is 0 Å². The number of carbonyl (C=O) groups is 3. The number of hydrogen-bond donors (Lipinski definition) is 0. The van der Waals surface area contributed by atoms with Gasteiger partial charge in [-0.25, -0.2) is 0 Å². The molecule has 1 saturated carbocycles. The zero-order chi connectivity index (χ0) is 12.8. The molecule has 1 aliphatic carbocycles. The van der Waals surface area contributed by atoms with Gasteiger partial charge < -0.3 is 4.74 Å². The van der Waals surface area contributed by atoms with E-state index in [1.165, 1.54) is 0 Å². The summed E-state index contributed by atoms with van der Waals surface area (Å²) in [5.41, 5.74) is 0. The highest BCUT2D eigenvalue weighted by atomic mass is 16.5. The number of ether oxygens (including phenoxy) is 1. The topological polar surface area (TPSA) is 60.4 Å². The van der Waals surface area contributed by atoms with Crippen molar-refractivity contribution in [2.45, 2.75) is 46.0 Å². The number of ketones is 2. The zero-order valence-corrected chi connectivity index (χ0v) is 10.5. The Balaban J connectivity index is 2.60. The van der Waals surface area contributed by atoms with Gasteiger partial charge in [0.05, 0.1) is 6.61 Å². The van der Waals surface area contributed by atoms with Gasteiger partial charge in [-0.05, 0) is 26.2 Å². The van der Waals surface area contributed by atoms with Crippen molar-refractivity contribution < 1.29 is 19.1 Å². The Hall–Kier alpha value is -1.19. The summed E-state index contributed by atoms with van der Waals surface area (Å²) in [6.07, 6.45) is 2.87. The molecule has 1 fully saturated rings. The molecule has 1 aliphatic rings. The van der Waals surface area contributed by atoms with Gasteiger partial charge in [-0.1, -0.05) is 6.92 Å². The van der Waals surface area contributed by atoms with Crippen LogP contribution in [0.5, 0.6) is 0 Å². The van der Waals surface area contributed by atoms with Gasteiger partial charge in [-0.3, -0.25) is 14.4 Å². The summed E-state index contributed by atoms with van der Waals surface area (Å²) in [5, 5.41) is 0. The van der Waals surface area contributed by atoms with Crippen molar-refractivity contribution in [3.63, 3.8) is 0 Å². The van der Waals surface area contributed by atoms with Gasteiger partial charge in [-0.15, -0.1) is 0 Å². The van der Waals surface area contributed by atoms with Crippen molar-refractivity contribution in [1.82, 2.24) is 0 Å². The van der Waals surface area contributed by atoms with Crippen LogP contribution in [0.4, 0.5) is 0 Å². The Morgan fingerprint density at radius 1 is 1.24 bits per heavy atom. The van der Waals surface area contributed by atoms with E-state index in [1.54, 1.807) is 6.92 Å². The summed E-state index contributed by atoms with van der Waals surface area (Å²) in [4.78, 5) is 35.1. The van der Waals surface area contributed by atoms with Crippen LogP contribution in [0.2, 0.25) is 0 Å². The smallest absolute Gasteiger partial charge is 0.316 e. The number of esters is 1. The quantitative estimate of drug-likeness (QED) is 0.480. The Morgan fingerprint density at radius 3 is 2.35 bits per heavy atom. The van der Waals surface area contributed by atoms with Crippen molar-refractivity contribution >= 4 is 17.5 Å². The van der Waals surface area contributed by atoms with Crippen LogP contribution in [0, 0.1) is 11.8 Å². The lowest BCUT2D eigenvalue weighted by atomic mass is 9.93. The molecule has 0 radical (unpaired) electrons. The summed E-state index contributed by atoms with van der Waals surface area (Å²) in [6.45, 7) is 3.85. The molecule has 1 unspecified atom stereocenters. The molecule has 0 bridgehead atoms. The molecular weight excluding hydrogens is 220 g/mol. The van der Waals surface area contributed by atoms with Crippen LogP contribution in [0.1, 0.15) is 46.0 Å². The van der Waals surface area contributed by atoms with E-state index < -0.39 is 11.9 Å². The molecule has 96 valence electrons. The van der Waals surface area contributed by atoms with Gasteiger partial charge in [0.2, 0.25) is 0 Å². The van der Waals surface area contributed by atoms with Gasteiger partial charge in [0, 0.05) is 18.8 Å². The second-order valence-electron chi connectivity index (χ2n) is 4.47. The first-order valence-corrected chi connectivity index (χ1v) is 6.32. The molecule has 0 aromatic rings. The van der Waals surface area contributed by atoms with Gasteiger partial charge in [0.1, 0.15) is 11.7 Å². The minimum atomic E-state index is -0.860. The first kappa shape index (κ1) is 13.9. The molecule has 4 heteroatoms. The lowest BCUT2D eigenvalue weighted by Crippen LogP contribution is -2.29. The molecule has 1 atom stereocenters. The molecule has 0 spiro atoms. The van der Waals surface area contributed by atoms with Crippen molar-refractivity contribution in [2.75, 3.05) is 6.61 Å². The number of Topliss-reactive ketones (excluding diaryl/α,β-unsaturated/α-hetero) is 2. The predicted molar refractivity (Wildman–Crippen MR) is 62.4 cm³/mol. The predicted octanol–water partition coefficient (Wildman–Crippen LogP) is 1.90. The van der Waals surface area contributed by atoms with Crippen molar-refractivity contribution in [3.05, 3.63) is 0 Å². The van der Waals surface area contributed by atoms with Gasteiger partial charge in [0.15, 0.2) is 5.78 Å². The molecule has 0 N–H and O–H groups in total. The lowest BCUT2D eigenvalue weighted by Gasteiger charge is -2.13. The van der Waals surface area contributed by atoms with E-state index in [0.717, 1.165) is 19.3 Å². The SMILES string of the molecule is CCCC(=O)CC(C(=O)OCC)C(=O)C1CC1. The van der Waals surface area contributed by atoms with E-state index in [0.29, 0.717) is 6.42 Å². The third-order valence-corrected chi connectivity index (χ3v) is 2.85. The maximum atomic E-state index is 11.9. The standard InChI is InChI=1S/C13H20O4/c1-3-5-10(14)8-11(13(16)17-4-2)12(15)9-6-7-9/h9,11H,3-8H2,1-2H3. The Bertz CT molecular complexity index is 305. The minimum absolute atomic E-state index is 0.0150. The van der Waals surface area contributed by atoms with Crippen LogP contribution >= 0.6 is 0 Å². The van der Waals surface area contributed by atoms with Gasteiger partial charge in [-0.2, -0.15) is 0 Å². The summed E-state index contributed by atoms with van der Waals surface area (Å²) >= 11 is 0. The van der Waals surface area contributed by atoms with E-state index >= 15 is 0 Å². The molecule has 0 aromatic heterocycles. The minimum Gasteiger partial charge on any atom is -0.465 e. The highest BCUT2D eigenvalue weighted by Gasteiger charge is 2.39. The Morgan fingerprint density at radius 2 is 1.88 bits per heavy atom. The van der Waals surface area contributed by atoms with E-state index in [9.17, 15) is 14.4 Å². The van der Waals surface area contributed by atoms with Crippen LogP contribution in [0.3, 0.4) is 0 Å². The second kappa shape index (κ2) is 6.52. The third kappa shape index (κ3) is 4.29. The average molecular weight is 240 g/mol. The second-order valence-corrected chi connectivity index (χ2v) is 4.47. The zero-order valence-electron chi connectivity index (χ0n) is 10.5. The number of hydrogen-bond acceptors (Lipinski definition) is 4. The van der Waals surface area contributed by atoms with Gasteiger partial charge >= 0.3 is 5.97 Å². The van der Waals surface area contributed by atoms with Crippen molar-refractivity contribution in [2.24, 2.45) is 11.8 Å². The fourth-order valence-corrected chi connectivity index (χ4v) is 1.80. The molecular formula is C13H20O4. The summed E-state index contributed by atoms with van der Waals surface area (Å²) in [7, 11) is 0. The molecule has 4 nitrogen and oxygen atoms in total. The molecule has 0 aliphatic heterocycles. The molecule has 17 heavy (non-hydrogen) atoms. The summed E-state index contributed by atoms with van der Waals surface area (Å²) in [6, 6.07) is 0. The van der Waals surface area contributed by atoms with E-state index in [-0.39, 0.29) is 30.5 Å². The highest BCUT2D eigenvalue weighted by molar-refractivity contribution is 6.04. The molecule has 1 rings (SSSR count). The van der Waals surface area contributed by atoms with Crippen molar-refractivity contribution in [1.29, 1.82) is 0 Å². The Labute approximate surface area is 102 Å². The monoisotopic (exact) mass is 240 g/mol. The normalized spacial score (nSPS) is 16.4. The first-order valence-electron chi connectivity index (χ1n) is 6.32. The summed E-state index contributed by atoms with van der Waals surface area (Å²) < 4.78 is 4.87. The molecule has 0 heterocycles. The van der Waals surface area contributed by atoms with E-state index in [1.807, 2.05) is 6.92 Å². The van der Waals surface area contributed by atoms with Crippen LogP contribution in [-0.2, 0) is 19.1 Å². The molecule has 0 amide bonds. The third-order valence-electron chi connectivity index (χ3n) is 2.85. The number of rotatable bonds is 8.